The molecule has 3 aromatic rings. The molecule has 1 heterocycles. The maximum absolute atomic E-state index is 13.4. The van der Waals surface area contributed by atoms with Crippen molar-refractivity contribution in [3.8, 4) is 6.07 Å². The molecule has 0 aliphatic rings. The number of aromatic nitrogens is 1. The maximum atomic E-state index is 13.4. The van der Waals surface area contributed by atoms with Gasteiger partial charge in [0.2, 0.25) is 0 Å². The summed E-state index contributed by atoms with van der Waals surface area (Å²) in [6.07, 6.45) is 0. The third kappa shape index (κ3) is 4.64. The van der Waals surface area contributed by atoms with Crippen LogP contribution in [0, 0.1) is 25.2 Å². The predicted molar refractivity (Wildman–Crippen MR) is 120 cm³/mol. The molecule has 0 fully saturated rings. The summed E-state index contributed by atoms with van der Waals surface area (Å²) in [5.74, 6) is -0.0879. The average molecular weight is 407 g/mol. The van der Waals surface area contributed by atoms with Gasteiger partial charge in [0.05, 0.1) is 21.8 Å². The Kier molecular flexibility index (Phi) is 6.63. The van der Waals surface area contributed by atoms with Gasteiger partial charge in [0.25, 0.3) is 5.91 Å². The zero-order valence-corrected chi connectivity index (χ0v) is 18.2. The Hall–Kier alpha value is -2.75. The molecule has 2 aromatic carbocycles. The fourth-order valence-corrected chi connectivity index (χ4v) is 4.55. The van der Waals surface area contributed by atoms with Crippen molar-refractivity contribution in [2.45, 2.75) is 27.7 Å². The highest BCUT2D eigenvalue weighted by molar-refractivity contribution is 7.22. The number of likely N-dealkylation sites (N-methyl/N-ethyl adjacent to an activating group) is 1. The number of fused-ring (bicyclic) bond motifs is 1. The lowest BCUT2D eigenvalue weighted by molar-refractivity contribution is 0.0984. The molecule has 0 spiro atoms. The summed E-state index contributed by atoms with van der Waals surface area (Å²) < 4.78 is 1.10. The molecular formula is C23H26N4OS. The smallest absolute Gasteiger partial charge is 0.260 e. The number of rotatable bonds is 7. The van der Waals surface area contributed by atoms with Crippen LogP contribution in [0.25, 0.3) is 10.2 Å². The molecule has 29 heavy (non-hydrogen) atoms. The van der Waals surface area contributed by atoms with Gasteiger partial charge in [-0.25, -0.2) is 4.98 Å². The van der Waals surface area contributed by atoms with E-state index in [1.54, 1.807) is 40.5 Å². The minimum atomic E-state index is -0.0879. The van der Waals surface area contributed by atoms with Crippen LogP contribution in [-0.4, -0.2) is 42.0 Å². The number of hydrogen-bond donors (Lipinski definition) is 0. The van der Waals surface area contributed by atoms with Gasteiger partial charge in [-0.3, -0.25) is 9.69 Å². The summed E-state index contributed by atoms with van der Waals surface area (Å²) >= 11 is 1.55. The van der Waals surface area contributed by atoms with E-state index < -0.39 is 0 Å². The van der Waals surface area contributed by atoms with E-state index in [1.807, 2.05) is 0 Å². The van der Waals surface area contributed by atoms with Crippen LogP contribution in [0.3, 0.4) is 0 Å². The first-order valence-electron chi connectivity index (χ1n) is 9.89. The van der Waals surface area contributed by atoms with Crippen LogP contribution in [0.15, 0.2) is 36.4 Å². The summed E-state index contributed by atoms with van der Waals surface area (Å²) in [4.78, 5) is 22.2. The Morgan fingerprint density at radius 3 is 2.41 bits per heavy atom. The van der Waals surface area contributed by atoms with Crippen molar-refractivity contribution in [1.29, 1.82) is 5.26 Å². The number of anilines is 1. The summed E-state index contributed by atoms with van der Waals surface area (Å²) in [6.45, 7) is 11.6. The van der Waals surface area contributed by atoms with Crippen LogP contribution in [0.2, 0.25) is 0 Å². The lowest BCUT2D eigenvalue weighted by Crippen LogP contribution is -2.38. The highest BCUT2D eigenvalue weighted by atomic mass is 32.1. The minimum Gasteiger partial charge on any atom is -0.302 e. The fraction of sp³-hybridized carbons (Fsp3) is 0.348. The van der Waals surface area contributed by atoms with E-state index >= 15 is 0 Å². The zero-order chi connectivity index (χ0) is 21.0. The summed E-state index contributed by atoms with van der Waals surface area (Å²) in [5.41, 5.74) is 4.38. The van der Waals surface area contributed by atoms with Gasteiger partial charge in [-0.1, -0.05) is 31.3 Å². The first kappa shape index (κ1) is 21.0. The molecule has 5 nitrogen and oxygen atoms in total. The average Bonchev–Trinajstić information content (AvgIpc) is 3.15. The molecular weight excluding hydrogens is 380 g/mol. The van der Waals surface area contributed by atoms with Gasteiger partial charge >= 0.3 is 0 Å². The number of nitrogens with zero attached hydrogens (tertiary/aromatic N) is 4. The van der Waals surface area contributed by atoms with Crippen molar-refractivity contribution in [3.05, 3.63) is 58.7 Å². The third-order valence-electron chi connectivity index (χ3n) is 5.09. The van der Waals surface area contributed by atoms with Crippen LogP contribution in [0.5, 0.6) is 0 Å². The van der Waals surface area contributed by atoms with E-state index in [9.17, 15) is 4.79 Å². The number of benzene rings is 2. The number of carbonyl (C=O) groups excluding carboxylic acids is 1. The predicted octanol–water partition coefficient (Wildman–Crippen LogP) is 4.77. The second-order valence-electron chi connectivity index (χ2n) is 7.10. The summed E-state index contributed by atoms with van der Waals surface area (Å²) in [7, 11) is 0. The Balaban J connectivity index is 1.99. The highest BCUT2D eigenvalue weighted by Gasteiger charge is 2.22. The van der Waals surface area contributed by atoms with Crippen LogP contribution >= 0.6 is 11.3 Å². The molecule has 150 valence electrons. The summed E-state index contributed by atoms with van der Waals surface area (Å²) in [6, 6.07) is 13.1. The molecule has 0 saturated carbocycles. The van der Waals surface area contributed by atoms with Crippen molar-refractivity contribution in [2.24, 2.45) is 0 Å². The molecule has 0 atom stereocenters. The number of hydrogen-bond acceptors (Lipinski definition) is 5. The van der Waals surface area contributed by atoms with E-state index in [2.05, 4.69) is 50.8 Å². The Bertz CT molecular complexity index is 1050. The summed E-state index contributed by atoms with van der Waals surface area (Å²) in [5, 5.41) is 9.74. The molecule has 1 aromatic heterocycles. The highest BCUT2D eigenvalue weighted by Crippen LogP contribution is 2.32. The monoisotopic (exact) mass is 406 g/mol. The Morgan fingerprint density at radius 2 is 1.79 bits per heavy atom. The number of aryl methyl sites for hydroxylation is 2. The van der Waals surface area contributed by atoms with Crippen molar-refractivity contribution in [3.63, 3.8) is 0 Å². The molecule has 1 amide bonds. The second kappa shape index (κ2) is 9.17. The fourth-order valence-electron chi connectivity index (χ4n) is 3.38. The van der Waals surface area contributed by atoms with Crippen molar-refractivity contribution in [2.75, 3.05) is 31.1 Å². The molecule has 0 aliphatic carbocycles. The van der Waals surface area contributed by atoms with Crippen molar-refractivity contribution >= 4 is 32.6 Å². The zero-order valence-electron chi connectivity index (χ0n) is 17.4. The molecule has 0 aliphatic heterocycles. The number of amides is 1. The maximum Gasteiger partial charge on any atom is 0.260 e. The minimum absolute atomic E-state index is 0.0879. The third-order valence-corrected chi connectivity index (χ3v) is 6.12. The van der Waals surface area contributed by atoms with Gasteiger partial charge in [-0.05, 0) is 68.4 Å². The first-order chi connectivity index (χ1) is 14.0. The Labute approximate surface area is 176 Å². The van der Waals surface area contributed by atoms with E-state index in [0.717, 1.165) is 40.5 Å². The van der Waals surface area contributed by atoms with Gasteiger partial charge in [0, 0.05) is 18.7 Å². The van der Waals surface area contributed by atoms with Crippen LogP contribution in [0.1, 0.15) is 40.9 Å². The normalized spacial score (nSPS) is 11.0. The topological polar surface area (TPSA) is 60.2 Å². The van der Waals surface area contributed by atoms with Gasteiger partial charge in [0.15, 0.2) is 5.13 Å². The van der Waals surface area contributed by atoms with E-state index in [4.69, 9.17) is 10.2 Å². The van der Waals surface area contributed by atoms with E-state index in [1.165, 1.54) is 5.56 Å². The molecule has 0 saturated heterocycles. The van der Waals surface area contributed by atoms with Crippen LogP contribution in [0.4, 0.5) is 5.13 Å². The van der Waals surface area contributed by atoms with Gasteiger partial charge in [0.1, 0.15) is 0 Å². The second-order valence-corrected chi connectivity index (χ2v) is 8.11. The van der Waals surface area contributed by atoms with E-state index in [0.29, 0.717) is 17.7 Å². The Morgan fingerprint density at radius 1 is 1.10 bits per heavy atom. The van der Waals surface area contributed by atoms with E-state index in [-0.39, 0.29) is 5.91 Å². The number of carbonyl (C=O) groups is 1. The lowest BCUT2D eigenvalue weighted by Gasteiger charge is -2.24. The lowest BCUT2D eigenvalue weighted by atomic mass is 10.1. The number of thiazole rings is 1. The SMILES string of the molecule is CCN(CC)CCN(C(=O)c1ccc(C#N)cc1)c1nc2c(C)cc(C)cc2s1. The van der Waals surface area contributed by atoms with Crippen LogP contribution < -0.4 is 4.90 Å². The first-order valence-corrected chi connectivity index (χ1v) is 10.7. The van der Waals surface area contributed by atoms with Crippen LogP contribution in [-0.2, 0) is 0 Å². The largest absolute Gasteiger partial charge is 0.302 e. The molecule has 0 radical (unpaired) electrons. The van der Waals surface area contributed by atoms with Gasteiger partial charge in [-0.2, -0.15) is 5.26 Å². The molecule has 6 heteroatoms. The van der Waals surface area contributed by atoms with Gasteiger partial charge in [-0.15, -0.1) is 0 Å². The molecule has 3 rings (SSSR count). The molecule has 0 unspecified atom stereocenters. The van der Waals surface area contributed by atoms with Crippen molar-refractivity contribution in [1.82, 2.24) is 9.88 Å². The standard InChI is InChI=1S/C23H26N4OS/c1-5-26(6-2)11-12-27(22(28)19-9-7-18(15-24)8-10-19)23-25-21-17(4)13-16(3)14-20(21)29-23/h7-10,13-14H,5-6,11-12H2,1-4H3. The molecule has 0 bridgehead atoms. The van der Waals surface area contributed by atoms with Crippen molar-refractivity contribution < 1.29 is 4.79 Å². The molecule has 0 N–H and O–H groups in total. The number of nitriles is 1. The van der Waals surface area contributed by atoms with Gasteiger partial charge < -0.3 is 4.90 Å². The quantitative estimate of drug-likeness (QED) is 0.567.